The molecule has 1 unspecified atom stereocenters. The van der Waals surface area contributed by atoms with Crippen LogP contribution in [0.5, 0.6) is 0 Å². The summed E-state index contributed by atoms with van der Waals surface area (Å²) in [5.74, 6) is -1.15. The third-order valence-corrected chi connectivity index (χ3v) is 4.92. The van der Waals surface area contributed by atoms with E-state index < -0.39 is 23.9 Å². The zero-order valence-electron chi connectivity index (χ0n) is 15.7. The Balaban J connectivity index is 1.87. The SMILES string of the molecule is CSc1nc2nc(C)c(CC(=O)NC(c3ccc(F)cc3)C(F)(F)F)c(C)n2n1. The van der Waals surface area contributed by atoms with Gasteiger partial charge in [0.2, 0.25) is 11.1 Å². The number of aryl methyl sites for hydroxylation is 2. The summed E-state index contributed by atoms with van der Waals surface area (Å²) in [6, 6.07) is 1.58. The average Bonchev–Trinajstić information content (AvgIpc) is 3.06. The van der Waals surface area contributed by atoms with Gasteiger partial charge in [-0.05, 0) is 37.8 Å². The summed E-state index contributed by atoms with van der Waals surface area (Å²) in [5, 5.41) is 6.75. The van der Waals surface area contributed by atoms with Crippen LogP contribution in [0, 0.1) is 19.7 Å². The highest BCUT2D eigenvalue weighted by atomic mass is 32.2. The topological polar surface area (TPSA) is 72.2 Å². The van der Waals surface area contributed by atoms with Crippen LogP contribution in [-0.4, -0.2) is 37.9 Å². The standard InChI is InChI=1S/C18H17F4N5OS/c1-9-13(10(2)27-16(23-9)25-17(26-27)29-3)8-14(28)24-15(18(20,21)22)11-4-6-12(19)7-5-11/h4-7,15H,8H2,1-3H3,(H,24,28). The Kier molecular flexibility index (Phi) is 5.78. The van der Waals surface area contributed by atoms with Crippen LogP contribution in [0.3, 0.4) is 0 Å². The lowest BCUT2D eigenvalue weighted by Gasteiger charge is -2.22. The molecular formula is C18H17F4N5OS. The number of nitrogens with one attached hydrogen (secondary N) is 1. The van der Waals surface area contributed by atoms with Crippen molar-refractivity contribution in [2.75, 3.05) is 6.26 Å². The number of carbonyl (C=O) groups is 1. The van der Waals surface area contributed by atoms with E-state index in [4.69, 9.17) is 0 Å². The van der Waals surface area contributed by atoms with Gasteiger partial charge in [0, 0.05) is 17.0 Å². The van der Waals surface area contributed by atoms with Crippen LogP contribution in [0.2, 0.25) is 0 Å². The molecule has 0 saturated carbocycles. The van der Waals surface area contributed by atoms with Crippen molar-refractivity contribution in [2.24, 2.45) is 0 Å². The van der Waals surface area contributed by atoms with E-state index in [1.807, 2.05) is 5.32 Å². The molecule has 0 aliphatic rings. The molecule has 0 aliphatic heterocycles. The Labute approximate surface area is 167 Å². The van der Waals surface area contributed by atoms with Crippen LogP contribution in [0.4, 0.5) is 17.6 Å². The van der Waals surface area contributed by atoms with Gasteiger partial charge in [-0.1, -0.05) is 23.9 Å². The molecule has 3 aromatic rings. The molecule has 11 heteroatoms. The zero-order valence-corrected chi connectivity index (χ0v) is 16.5. The molecule has 3 rings (SSSR count). The number of hydrogen-bond acceptors (Lipinski definition) is 5. The lowest BCUT2D eigenvalue weighted by molar-refractivity contribution is -0.163. The summed E-state index contributed by atoms with van der Waals surface area (Å²) in [4.78, 5) is 21.0. The number of alkyl halides is 3. The molecule has 0 saturated heterocycles. The molecule has 0 spiro atoms. The number of amides is 1. The van der Waals surface area contributed by atoms with Gasteiger partial charge >= 0.3 is 6.18 Å². The van der Waals surface area contributed by atoms with Crippen LogP contribution >= 0.6 is 11.8 Å². The first-order valence-electron chi connectivity index (χ1n) is 8.48. The number of halogens is 4. The fourth-order valence-corrected chi connectivity index (χ4v) is 3.25. The van der Waals surface area contributed by atoms with Crippen LogP contribution in [0.15, 0.2) is 29.4 Å². The second-order valence-corrected chi connectivity index (χ2v) is 7.12. The predicted octanol–water partition coefficient (Wildman–Crippen LogP) is 3.56. The Bertz CT molecular complexity index is 1050. The van der Waals surface area contributed by atoms with Crippen molar-refractivity contribution in [3.05, 3.63) is 52.6 Å². The van der Waals surface area contributed by atoms with Crippen molar-refractivity contribution in [3.8, 4) is 0 Å². The molecule has 1 N–H and O–H groups in total. The van der Waals surface area contributed by atoms with E-state index in [-0.39, 0.29) is 12.0 Å². The van der Waals surface area contributed by atoms with E-state index in [1.165, 1.54) is 16.3 Å². The zero-order chi connectivity index (χ0) is 21.3. The number of benzene rings is 1. The molecule has 2 aromatic heterocycles. The van der Waals surface area contributed by atoms with Crippen molar-refractivity contribution < 1.29 is 22.4 Å². The summed E-state index contributed by atoms with van der Waals surface area (Å²) < 4.78 is 54.9. The maximum atomic E-state index is 13.5. The van der Waals surface area contributed by atoms with Gasteiger partial charge in [-0.25, -0.2) is 13.9 Å². The number of hydrogen-bond donors (Lipinski definition) is 1. The number of rotatable bonds is 5. The minimum absolute atomic E-state index is 0.254. The first kappa shape index (κ1) is 21.0. The molecule has 0 radical (unpaired) electrons. The van der Waals surface area contributed by atoms with E-state index in [1.54, 1.807) is 20.1 Å². The third-order valence-electron chi connectivity index (χ3n) is 4.39. The summed E-state index contributed by atoms with van der Waals surface area (Å²) in [5.41, 5.74) is 1.26. The smallest absolute Gasteiger partial charge is 0.341 e. The van der Waals surface area contributed by atoms with E-state index in [0.29, 0.717) is 27.9 Å². The average molecular weight is 427 g/mol. The van der Waals surface area contributed by atoms with Crippen molar-refractivity contribution in [3.63, 3.8) is 0 Å². The molecular weight excluding hydrogens is 410 g/mol. The Morgan fingerprint density at radius 1 is 1.21 bits per heavy atom. The lowest BCUT2D eigenvalue weighted by Crippen LogP contribution is -2.39. The van der Waals surface area contributed by atoms with Gasteiger partial charge in [0.1, 0.15) is 5.82 Å². The summed E-state index contributed by atoms with van der Waals surface area (Å²) in [6.07, 6.45) is -3.25. The second kappa shape index (κ2) is 7.97. The lowest BCUT2D eigenvalue weighted by atomic mass is 10.0. The Morgan fingerprint density at radius 3 is 2.45 bits per heavy atom. The summed E-state index contributed by atoms with van der Waals surface area (Å²) in [7, 11) is 0. The van der Waals surface area contributed by atoms with Crippen LogP contribution in [0.1, 0.15) is 28.6 Å². The molecule has 6 nitrogen and oxygen atoms in total. The maximum absolute atomic E-state index is 13.5. The molecule has 154 valence electrons. The molecule has 1 atom stereocenters. The normalized spacial score (nSPS) is 12.9. The number of fused-ring (bicyclic) bond motifs is 1. The van der Waals surface area contributed by atoms with Crippen molar-refractivity contribution in [1.29, 1.82) is 0 Å². The first-order valence-corrected chi connectivity index (χ1v) is 9.71. The van der Waals surface area contributed by atoms with Crippen molar-refractivity contribution in [2.45, 2.75) is 37.6 Å². The number of nitrogens with zero attached hydrogens (tertiary/aromatic N) is 4. The predicted molar refractivity (Wildman–Crippen MR) is 99.1 cm³/mol. The molecule has 0 bridgehead atoms. The molecule has 0 aliphatic carbocycles. The molecule has 29 heavy (non-hydrogen) atoms. The highest BCUT2D eigenvalue weighted by Crippen LogP contribution is 2.33. The minimum atomic E-state index is -4.74. The Hall–Kier alpha value is -2.69. The highest BCUT2D eigenvalue weighted by molar-refractivity contribution is 7.98. The molecule has 2 heterocycles. The first-order chi connectivity index (χ1) is 13.6. The van der Waals surface area contributed by atoms with Crippen LogP contribution in [0.25, 0.3) is 5.78 Å². The third kappa shape index (κ3) is 4.50. The number of thioether (sulfide) groups is 1. The van der Waals surface area contributed by atoms with Gasteiger partial charge in [-0.15, -0.1) is 5.10 Å². The monoisotopic (exact) mass is 427 g/mol. The fourth-order valence-electron chi connectivity index (χ4n) is 2.91. The van der Waals surface area contributed by atoms with E-state index in [0.717, 1.165) is 24.3 Å². The highest BCUT2D eigenvalue weighted by Gasteiger charge is 2.42. The maximum Gasteiger partial charge on any atom is 0.412 e. The molecule has 0 fully saturated rings. The van der Waals surface area contributed by atoms with Gasteiger partial charge in [0.15, 0.2) is 6.04 Å². The van der Waals surface area contributed by atoms with Crippen molar-refractivity contribution >= 4 is 23.4 Å². The molecule has 1 amide bonds. The van der Waals surface area contributed by atoms with Crippen LogP contribution in [-0.2, 0) is 11.2 Å². The van der Waals surface area contributed by atoms with Gasteiger partial charge in [-0.3, -0.25) is 4.79 Å². The van der Waals surface area contributed by atoms with Crippen molar-refractivity contribution in [1.82, 2.24) is 24.9 Å². The summed E-state index contributed by atoms with van der Waals surface area (Å²) in [6.45, 7) is 3.36. The summed E-state index contributed by atoms with van der Waals surface area (Å²) >= 11 is 1.32. The van der Waals surface area contributed by atoms with E-state index in [2.05, 4.69) is 15.1 Å². The van der Waals surface area contributed by atoms with E-state index in [9.17, 15) is 22.4 Å². The minimum Gasteiger partial charge on any atom is -0.341 e. The van der Waals surface area contributed by atoms with Gasteiger partial charge in [0.25, 0.3) is 5.78 Å². The quantitative estimate of drug-likeness (QED) is 0.498. The number of aromatic nitrogens is 4. The fraction of sp³-hybridized carbons (Fsp3) is 0.333. The number of carbonyl (C=O) groups excluding carboxylic acids is 1. The van der Waals surface area contributed by atoms with Crippen LogP contribution < -0.4 is 5.32 Å². The van der Waals surface area contributed by atoms with Gasteiger partial charge < -0.3 is 5.32 Å². The molecule has 1 aromatic carbocycles. The Morgan fingerprint density at radius 2 is 1.86 bits per heavy atom. The largest absolute Gasteiger partial charge is 0.412 e. The van der Waals surface area contributed by atoms with Gasteiger partial charge in [0.05, 0.1) is 6.42 Å². The second-order valence-electron chi connectivity index (χ2n) is 6.34. The van der Waals surface area contributed by atoms with Gasteiger partial charge in [-0.2, -0.15) is 18.2 Å². The van der Waals surface area contributed by atoms with E-state index >= 15 is 0 Å².